The van der Waals surface area contributed by atoms with Crippen molar-refractivity contribution < 1.29 is 31.2 Å². The van der Waals surface area contributed by atoms with Crippen LogP contribution in [0.5, 0.6) is 5.75 Å². The van der Waals surface area contributed by atoms with Crippen LogP contribution in [0.2, 0.25) is 0 Å². The number of phenols is 1. The first-order valence-electron chi connectivity index (χ1n) is 9.36. The lowest BCUT2D eigenvalue weighted by atomic mass is 9.71. The first-order valence-corrected chi connectivity index (χ1v) is 10.8. The minimum atomic E-state index is -4.77. The maximum Gasteiger partial charge on any atom is 0.399 e. The fourth-order valence-electron chi connectivity index (χ4n) is 3.55. The maximum absolute atomic E-state index is 14.5. The number of alkyl halides is 3. The van der Waals surface area contributed by atoms with Gasteiger partial charge in [-0.1, -0.05) is 59.7 Å². The smallest absolute Gasteiger partial charge is 0.399 e. The molecule has 0 aromatic heterocycles. The quantitative estimate of drug-likeness (QED) is 0.576. The van der Waals surface area contributed by atoms with Crippen molar-refractivity contribution in [3.05, 3.63) is 58.7 Å². The van der Waals surface area contributed by atoms with Crippen molar-refractivity contribution in [3.8, 4) is 5.75 Å². The fraction of sp³-hybridized carbons (Fsp3) is 0.455. The molecule has 2 N–H and O–H groups in total. The summed E-state index contributed by atoms with van der Waals surface area (Å²) in [7, 11) is -4.65. The van der Waals surface area contributed by atoms with Crippen molar-refractivity contribution in [2.45, 2.75) is 69.4 Å². The molecule has 2 aromatic rings. The van der Waals surface area contributed by atoms with Gasteiger partial charge in [0.25, 0.3) is 10.1 Å². The number of phenolic OH excluding ortho intramolecular Hbond substituents is 1. The van der Waals surface area contributed by atoms with Crippen molar-refractivity contribution in [2.24, 2.45) is 0 Å². The first-order chi connectivity index (χ1) is 13.3. The molecule has 0 amide bonds. The number of hydrogen-bond donors (Lipinski definition) is 2. The van der Waals surface area contributed by atoms with E-state index in [1.807, 2.05) is 0 Å². The topological polar surface area (TPSA) is 74.6 Å². The van der Waals surface area contributed by atoms with E-state index < -0.39 is 43.7 Å². The van der Waals surface area contributed by atoms with E-state index in [1.165, 1.54) is 24.3 Å². The van der Waals surface area contributed by atoms with Gasteiger partial charge in [0.1, 0.15) is 11.7 Å². The Balaban J connectivity index is 3.13. The fourth-order valence-corrected chi connectivity index (χ4v) is 4.09. The van der Waals surface area contributed by atoms with Gasteiger partial charge in [-0.25, -0.2) is 0 Å². The Morgan fingerprint density at radius 3 is 1.63 bits per heavy atom. The lowest BCUT2D eigenvalue weighted by Gasteiger charge is -2.35. The van der Waals surface area contributed by atoms with E-state index in [0.717, 1.165) is 12.1 Å². The highest BCUT2D eigenvalue weighted by molar-refractivity contribution is 7.85. The van der Waals surface area contributed by atoms with Crippen molar-refractivity contribution in [1.29, 1.82) is 0 Å². The average Bonchev–Trinajstić information content (AvgIpc) is 2.52. The van der Waals surface area contributed by atoms with Gasteiger partial charge in [0.15, 0.2) is 0 Å². The summed E-state index contributed by atoms with van der Waals surface area (Å²) in [5, 5.41) is 10.2. The lowest BCUT2D eigenvalue weighted by Crippen LogP contribution is -2.30. The van der Waals surface area contributed by atoms with E-state index in [9.17, 15) is 31.2 Å². The van der Waals surface area contributed by atoms with E-state index in [-0.39, 0.29) is 22.3 Å². The standard InChI is InChI=1S/C22H27F3O4S/c1-20(2,3)15-11-13(30(27,28)29)12-16(21(4,5)6)18(15)19(22(23,24)25)14-9-7-8-10-17(14)26/h7-12,19,26H,1-6H3,(H,27,28,29). The van der Waals surface area contributed by atoms with Crippen LogP contribution in [0.4, 0.5) is 13.2 Å². The lowest BCUT2D eigenvalue weighted by molar-refractivity contribution is -0.141. The molecule has 0 heterocycles. The number of aromatic hydroxyl groups is 1. The van der Waals surface area contributed by atoms with Gasteiger partial charge in [-0.15, -0.1) is 0 Å². The monoisotopic (exact) mass is 444 g/mol. The van der Waals surface area contributed by atoms with E-state index in [2.05, 4.69) is 0 Å². The Labute approximate surface area is 175 Å². The second kappa shape index (κ2) is 7.57. The van der Waals surface area contributed by atoms with Gasteiger partial charge < -0.3 is 5.11 Å². The van der Waals surface area contributed by atoms with Crippen LogP contribution in [-0.4, -0.2) is 24.3 Å². The third-order valence-electron chi connectivity index (χ3n) is 4.93. The van der Waals surface area contributed by atoms with Crippen LogP contribution in [0.3, 0.4) is 0 Å². The summed E-state index contributed by atoms with van der Waals surface area (Å²) < 4.78 is 76.8. The number of para-hydroxylation sites is 1. The van der Waals surface area contributed by atoms with Crippen LogP contribution in [0.1, 0.15) is 69.7 Å². The summed E-state index contributed by atoms with van der Waals surface area (Å²) in [6, 6.07) is 7.44. The summed E-state index contributed by atoms with van der Waals surface area (Å²) >= 11 is 0. The third kappa shape index (κ3) is 4.98. The number of benzene rings is 2. The zero-order valence-electron chi connectivity index (χ0n) is 17.8. The van der Waals surface area contributed by atoms with Crippen LogP contribution >= 0.6 is 0 Å². The Hall–Kier alpha value is -2.06. The molecule has 166 valence electrons. The SMILES string of the molecule is CC(C)(C)c1cc(S(=O)(=O)O)cc(C(C)(C)C)c1C(c1ccccc1O)C(F)(F)F. The van der Waals surface area contributed by atoms with Crippen LogP contribution < -0.4 is 0 Å². The molecule has 0 aliphatic carbocycles. The molecular formula is C22H27F3O4S. The largest absolute Gasteiger partial charge is 0.508 e. The first kappa shape index (κ1) is 24.2. The predicted molar refractivity (Wildman–Crippen MR) is 110 cm³/mol. The van der Waals surface area contributed by atoms with E-state index in [1.54, 1.807) is 41.5 Å². The van der Waals surface area contributed by atoms with Gasteiger partial charge >= 0.3 is 6.18 Å². The van der Waals surface area contributed by atoms with Gasteiger partial charge in [0, 0.05) is 5.56 Å². The second-order valence-electron chi connectivity index (χ2n) is 9.44. The normalized spacial score (nSPS) is 14.6. The average molecular weight is 445 g/mol. The highest BCUT2D eigenvalue weighted by Crippen LogP contribution is 2.50. The van der Waals surface area contributed by atoms with Gasteiger partial charge in [-0.2, -0.15) is 21.6 Å². The van der Waals surface area contributed by atoms with E-state index in [4.69, 9.17) is 0 Å². The molecule has 0 aliphatic rings. The third-order valence-corrected chi connectivity index (χ3v) is 5.76. The van der Waals surface area contributed by atoms with Gasteiger partial charge in [-0.3, -0.25) is 4.55 Å². The highest BCUT2D eigenvalue weighted by atomic mass is 32.2. The Morgan fingerprint density at radius 1 is 0.867 bits per heavy atom. The second-order valence-corrected chi connectivity index (χ2v) is 10.9. The molecule has 0 radical (unpaired) electrons. The van der Waals surface area contributed by atoms with Crippen LogP contribution in [0.25, 0.3) is 0 Å². The highest BCUT2D eigenvalue weighted by Gasteiger charge is 2.47. The molecule has 0 spiro atoms. The predicted octanol–water partition coefficient (Wildman–Crippen LogP) is 5.93. The van der Waals surface area contributed by atoms with E-state index in [0.29, 0.717) is 0 Å². The number of hydrogen-bond acceptors (Lipinski definition) is 3. The Morgan fingerprint density at radius 2 is 1.30 bits per heavy atom. The summed E-state index contributed by atoms with van der Waals surface area (Å²) in [5.41, 5.74) is -1.94. The van der Waals surface area contributed by atoms with Crippen LogP contribution in [-0.2, 0) is 20.9 Å². The van der Waals surface area contributed by atoms with Crippen LogP contribution in [0.15, 0.2) is 41.3 Å². The Bertz CT molecular complexity index is 1010. The minimum absolute atomic E-state index is 0.114. The molecule has 30 heavy (non-hydrogen) atoms. The van der Waals surface area contributed by atoms with Crippen molar-refractivity contribution in [3.63, 3.8) is 0 Å². The summed E-state index contributed by atoms with van der Waals surface area (Å²) in [5.74, 6) is -2.68. The van der Waals surface area contributed by atoms with Crippen molar-refractivity contribution in [1.82, 2.24) is 0 Å². The molecule has 1 atom stereocenters. The van der Waals surface area contributed by atoms with Gasteiger partial charge in [0.2, 0.25) is 0 Å². The molecule has 0 saturated carbocycles. The maximum atomic E-state index is 14.5. The summed E-state index contributed by atoms with van der Waals surface area (Å²) in [4.78, 5) is -0.459. The van der Waals surface area contributed by atoms with Crippen molar-refractivity contribution >= 4 is 10.1 Å². The zero-order chi connectivity index (χ0) is 23.3. The van der Waals surface area contributed by atoms with E-state index >= 15 is 0 Å². The number of rotatable bonds is 3. The molecule has 8 heteroatoms. The van der Waals surface area contributed by atoms with Crippen LogP contribution in [0, 0.1) is 0 Å². The molecule has 0 fully saturated rings. The van der Waals surface area contributed by atoms with Crippen molar-refractivity contribution in [2.75, 3.05) is 0 Å². The summed E-state index contributed by atoms with van der Waals surface area (Å²) in [6.07, 6.45) is -4.77. The number of halogens is 3. The molecule has 0 bridgehead atoms. The summed E-state index contributed by atoms with van der Waals surface area (Å²) in [6.45, 7) is 10.0. The zero-order valence-corrected chi connectivity index (χ0v) is 18.6. The molecule has 2 rings (SSSR count). The van der Waals surface area contributed by atoms with Gasteiger partial charge in [-0.05, 0) is 45.7 Å². The molecular weight excluding hydrogens is 417 g/mol. The molecule has 1 unspecified atom stereocenters. The molecule has 4 nitrogen and oxygen atoms in total. The minimum Gasteiger partial charge on any atom is -0.508 e. The Kier molecular flexibility index (Phi) is 6.11. The molecule has 2 aromatic carbocycles. The van der Waals surface area contributed by atoms with Gasteiger partial charge in [0.05, 0.1) is 4.90 Å². The molecule has 0 aliphatic heterocycles. The molecule has 0 saturated heterocycles.